The lowest BCUT2D eigenvalue weighted by Crippen LogP contribution is -2.30. The fourth-order valence-electron chi connectivity index (χ4n) is 1.73. The number of urea groups is 1. The molecule has 0 unspecified atom stereocenters. The second-order valence-electron chi connectivity index (χ2n) is 4.27. The molecular formula is C14H15FN4OS. The highest BCUT2D eigenvalue weighted by molar-refractivity contribution is 7.81. The highest BCUT2D eigenvalue weighted by Gasteiger charge is 2.03. The molecule has 0 aliphatic carbocycles. The molecule has 0 aliphatic rings. The zero-order valence-electron chi connectivity index (χ0n) is 11.1. The number of carbonyl (C=O) groups excluding carboxylic acids is 1. The van der Waals surface area contributed by atoms with Crippen LogP contribution in [0.15, 0.2) is 42.5 Å². The Morgan fingerprint density at radius 2 is 2.05 bits per heavy atom. The third-order valence-corrected chi connectivity index (χ3v) is 2.90. The number of nitrogens with zero attached hydrogens (tertiary/aromatic N) is 1. The van der Waals surface area contributed by atoms with E-state index in [4.69, 9.17) is 0 Å². The van der Waals surface area contributed by atoms with Crippen LogP contribution < -0.4 is 15.4 Å². The van der Waals surface area contributed by atoms with Gasteiger partial charge in [-0.3, -0.25) is 0 Å². The lowest BCUT2D eigenvalue weighted by molar-refractivity contribution is 0.252. The third-order valence-electron chi connectivity index (χ3n) is 2.67. The van der Waals surface area contributed by atoms with Gasteiger partial charge in [-0.15, -0.1) is 0 Å². The number of amides is 2. The smallest absolute Gasteiger partial charge is 0.319 e. The summed E-state index contributed by atoms with van der Waals surface area (Å²) in [5, 5.41) is 5.24. The molecule has 1 aromatic carbocycles. The van der Waals surface area contributed by atoms with Gasteiger partial charge in [-0.2, -0.15) is 0 Å². The Kier molecular flexibility index (Phi) is 5.39. The lowest BCUT2D eigenvalue weighted by Gasteiger charge is -2.08. The van der Waals surface area contributed by atoms with Crippen molar-refractivity contribution in [3.05, 3.63) is 54.0 Å². The van der Waals surface area contributed by atoms with Gasteiger partial charge in [0.15, 0.2) is 0 Å². The lowest BCUT2D eigenvalue weighted by atomic mass is 10.2. The SMILES string of the molecule is O=C(NCCc1cccc(NS)n1)Nc1cccc(F)c1. The van der Waals surface area contributed by atoms with Gasteiger partial charge in [0.05, 0.1) is 0 Å². The predicted octanol–water partition coefficient (Wildman–Crippen LogP) is 2.84. The Hall–Kier alpha value is -2.28. The van der Waals surface area contributed by atoms with Crippen molar-refractivity contribution in [2.24, 2.45) is 0 Å². The number of anilines is 2. The molecule has 1 heterocycles. The fourth-order valence-corrected chi connectivity index (χ4v) is 1.85. The molecule has 0 saturated carbocycles. The Labute approximate surface area is 127 Å². The van der Waals surface area contributed by atoms with E-state index in [0.29, 0.717) is 24.5 Å². The molecule has 0 fully saturated rings. The Morgan fingerprint density at radius 3 is 2.81 bits per heavy atom. The minimum atomic E-state index is -0.395. The van der Waals surface area contributed by atoms with Gasteiger partial charge in [-0.25, -0.2) is 14.2 Å². The molecule has 5 nitrogen and oxygen atoms in total. The fraction of sp³-hybridized carbons (Fsp3) is 0.143. The van der Waals surface area contributed by atoms with Crippen LogP contribution in [0.3, 0.4) is 0 Å². The minimum absolute atomic E-state index is 0.385. The Balaban J connectivity index is 1.79. The summed E-state index contributed by atoms with van der Waals surface area (Å²) in [5.74, 6) is 0.258. The quantitative estimate of drug-likeness (QED) is 0.642. The van der Waals surface area contributed by atoms with E-state index in [1.165, 1.54) is 18.2 Å². The summed E-state index contributed by atoms with van der Waals surface area (Å²) in [6, 6.07) is 10.8. The molecule has 2 amide bonds. The Bertz CT molecular complexity index is 623. The molecule has 0 saturated heterocycles. The maximum atomic E-state index is 13.0. The number of thiol groups is 1. The number of aromatic nitrogens is 1. The monoisotopic (exact) mass is 306 g/mol. The number of hydrogen-bond donors (Lipinski definition) is 4. The molecule has 0 spiro atoms. The summed E-state index contributed by atoms with van der Waals surface area (Å²) in [6.45, 7) is 0.421. The van der Waals surface area contributed by atoms with Crippen molar-refractivity contribution in [2.75, 3.05) is 16.6 Å². The van der Waals surface area contributed by atoms with Crippen molar-refractivity contribution in [3.8, 4) is 0 Å². The molecule has 7 heteroatoms. The number of nitrogens with one attached hydrogen (secondary N) is 3. The van der Waals surface area contributed by atoms with Crippen molar-refractivity contribution in [3.63, 3.8) is 0 Å². The normalized spacial score (nSPS) is 10.0. The molecule has 2 aromatic rings. The first-order chi connectivity index (χ1) is 10.2. The third kappa shape index (κ3) is 4.96. The van der Waals surface area contributed by atoms with Crippen LogP contribution in [0.4, 0.5) is 20.7 Å². The maximum absolute atomic E-state index is 13.0. The van der Waals surface area contributed by atoms with Gasteiger partial charge in [-0.05, 0) is 30.3 Å². The summed E-state index contributed by atoms with van der Waals surface area (Å²) in [6.07, 6.45) is 0.583. The number of pyridine rings is 1. The van der Waals surface area contributed by atoms with Crippen LogP contribution in [-0.2, 0) is 6.42 Å². The Morgan fingerprint density at radius 1 is 1.24 bits per heavy atom. The standard InChI is InChI=1S/C14H15FN4OS/c15-10-3-1-5-12(9-10)18-14(20)16-8-7-11-4-2-6-13(17-11)19-21/h1-6,9,21H,7-8H2,(H,17,19)(H2,16,18,20). The highest BCUT2D eigenvalue weighted by atomic mass is 32.1. The van der Waals surface area contributed by atoms with Crippen LogP contribution in [-0.4, -0.2) is 17.6 Å². The number of carbonyl (C=O) groups is 1. The number of benzene rings is 1. The number of halogens is 1. The van der Waals surface area contributed by atoms with Crippen LogP contribution in [0, 0.1) is 5.82 Å². The van der Waals surface area contributed by atoms with E-state index < -0.39 is 5.82 Å². The van der Waals surface area contributed by atoms with Crippen LogP contribution in [0.5, 0.6) is 0 Å². The van der Waals surface area contributed by atoms with Crippen LogP contribution in [0.2, 0.25) is 0 Å². The summed E-state index contributed by atoms with van der Waals surface area (Å²) in [5.41, 5.74) is 1.24. The molecule has 0 bridgehead atoms. The first kappa shape index (κ1) is 15.1. The molecule has 1 aromatic heterocycles. The van der Waals surface area contributed by atoms with Crippen molar-refractivity contribution in [1.29, 1.82) is 0 Å². The zero-order chi connectivity index (χ0) is 15.1. The second kappa shape index (κ2) is 7.49. The average Bonchev–Trinajstić information content (AvgIpc) is 2.47. The van der Waals surface area contributed by atoms with Crippen LogP contribution in [0.1, 0.15) is 5.69 Å². The van der Waals surface area contributed by atoms with Crippen molar-refractivity contribution in [1.82, 2.24) is 10.3 Å². The molecule has 0 atom stereocenters. The van der Waals surface area contributed by atoms with Gasteiger partial charge in [0.25, 0.3) is 0 Å². The van der Waals surface area contributed by atoms with E-state index in [9.17, 15) is 9.18 Å². The van der Waals surface area contributed by atoms with Crippen molar-refractivity contribution < 1.29 is 9.18 Å². The largest absolute Gasteiger partial charge is 0.337 e. The van der Waals surface area contributed by atoms with Crippen LogP contribution in [0.25, 0.3) is 0 Å². The topological polar surface area (TPSA) is 66.0 Å². The van der Waals surface area contributed by atoms with Crippen LogP contribution >= 0.6 is 12.8 Å². The van der Waals surface area contributed by atoms with E-state index in [1.54, 1.807) is 12.1 Å². The molecule has 0 radical (unpaired) electrons. The van der Waals surface area contributed by atoms with E-state index in [0.717, 1.165) is 5.69 Å². The molecule has 2 rings (SSSR count). The highest BCUT2D eigenvalue weighted by Crippen LogP contribution is 2.09. The summed E-state index contributed by atoms with van der Waals surface area (Å²) >= 11 is 3.92. The predicted molar refractivity (Wildman–Crippen MR) is 84.0 cm³/mol. The van der Waals surface area contributed by atoms with Gasteiger partial charge in [0.1, 0.15) is 11.6 Å². The van der Waals surface area contributed by atoms with Gasteiger partial charge >= 0.3 is 6.03 Å². The maximum Gasteiger partial charge on any atom is 0.319 e. The van der Waals surface area contributed by atoms with Gasteiger partial charge in [0, 0.05) is 24.3 Å². The average molecular weight is 306 g/mol. The minimum Gasteiger partial charge on any atom is -0.337 e. The molecular weight excluding hydrogens is 291 g/mol. The first-order valence-electron chi connectivity index (χ1n) is 6.34. The molecule has 0 aliphatic heterocycles. The summed E-state index contributed by atoms with van der Waals surface area (Å²) in [4.78, 5) is 15.9. The van der Waals surface area contributed by atoms with Gasteiger partial charge in [0.2, 0.25) is 0 Å². The van der Waals surface area contributed by atoms with E-state index in [1.807, 2.05) is 12.1 Å². The second-order valence-corrected chi connectivity index (χ2v) is 4.49. The molecule has 3 N–H and O–H groups in total. The number of rotatable bonds is 5. The van der Waals surface area contributed by atoms with E-state index >= 15 is 0 Å². The first-order valence-corrected chi connectivity index (χ1v) is 6.78. The zero-order valence-corrected chi connectivity index (χ0v) is 12.0. The summed E-state index contributed by atoms with van der Waals surface area (Å²) in [7, 11) is 0. The number of hydrogen-bond acceptors (Lipinski definition) is 4. The molecule has 21 heavy (non-hydrogen) atoms. The van der Waals surface area contributed by atoms with Gasteiger partial charge < -0.3 is 15.4 Å². The van der Waals surface area contributed by atoms with E-state index in [2.05, 4.69) is 33.2 Å². The summed E-state index contributed by atoms with van der Waals surface area (Å²) < 4.78 is 15.6. The van der Waals surface area contributed by atoms with Crippen molar-refractivity contribution >= 4 is 30.4 Å². The van der Waals surface area contributed by atoms with E-state index in [-0.39, 0.29) is 6.03 Å². The molecule has 110 valence electrons. The van der Waals surface area contributed by atoms with Crippen molar-refractivity contribution in [2.45, 2.75) is 6.42 Å². The van der Waals surface area contributed by atoms with Gasteiger partial charge in [-0.1, -0.05) is 24.9 Å².